The molecule has 0 aromatic heterocycles. The number of hydroxylamine groups is 1. The average molecular weight is 459 g/mol. The predicted molar refractivity (Wildman–Crippen MR) is 135 cm³/mol. The molecule has 0 bridgehead atoms. The Morgan fingerprint density at radius 3 is 2.30 bits per heavy atom. The van der Waals surface area contributed by atoms with E-state index in [0.29, 0.717) is 4.91 Å². The Labute approximate surface area is 200 Å². The third-order valence-electron chi connectivity index (χ3n) is 5.87. The van der Waals surface area contributed by atoms with Crippen LogP contribution in [-0.2, 0) is 24.3 Å². The lowest BCUT2D eigenvalue weighted by Crippen LogP contribution is -2.24. The van der Waals surface area contributed by atoms with Crippen LogP contribution in [0.1, 0.15) is 40.3 Å². The third kappa shape index (κ3) is 6.81. The summed E-state index contributed by atoms with van der Waals surface area (Å²) in [6.45, 7) is 2.82. The molecule has 1 aliphatic rings. The normalized spacial score (nSPS) is 15.5. The van der Waals surface area contributed by atoms with Crippen molar-refractivity contribution >= 4 is 17.7 Å². The van der Waals surface area contributed by atoms with E-state index in [1.54, 1.807) is 5.48 Å². The number of hydrogen-bond donors (Lipinski definition) is 2. The number of benzene rings is 3. The van der Waals surface area contributed by atoms with Crippen LogP contribution in [0.5, 0.6) is 0 Å². The molecule has 1 aliphatic heterocycles. The highest BCUT2D eigenvalue weighted by molar-refractivity contribution is 8.04. The number of rotatable bonds is 10. The number of amides is 1. The minimum absolute atomic E-state index is 0.206. The van der Waals surface area contributed by atoms with Gasteiger partial charge in [-0.3, -0.25) is 14.9 Å². The topological polar surface area (TPSA) is 52.6 Å². The molecule has 4 nitrogen and oxygen atoms in total. The van der Waals surface area contributed by atoms with E-state index in [2.05, 4.69) is 89.8 Å². The molecule has 0 fully saturated rings. The first-order valence-electron chi connectivity index (χ1n) is 11.4. The van der Waals surface area contributed by atoms with Crippen LogP contribution >= 0.6 is 11.8 Å². The Hall–Kier alpha value is -2.86. The second kappa shape index (κ2) is 11.8. The summed E-state index contributed by atoms with van der Waals surface area (Å²) in [5, 5.41) is 9.11. The highest BCUT2D eigenvalue weighted by atomic mass is 32.2. The number of carbonyl (C=O) groups is 1. The summed E-state index contributed by atoms with van der Waals surface area (Å²) in [5.41, 5.74) is 6.94. The number of aryl methyl sites for hydroxylation is 1. The van der Waals surface area contributed by atoms with Crippen LogP contribution in [-0.4, -0.2) is 22.6 Å². The highest BCUT2D eigenvalue weighted by Gasteiger charge is 2.24. The predicted octanol–water partition coefficient (Wildman–Crippen LogP) is 5.89. The number of hydrogen-bond acceptors (Lipinski definition) is 4. The molecule has 0 spiro atoms. The van der Waals surface area contributed by atoms with Crippen molar-refractivity contribution in [3.63, 3.8) is 0 Å². The zero-order valence-corrected chi connectivity index (χ0v) is 19.5. The Morgan fingerprint density at radius 2 is 1.58 bits per heavy atom. The maximum Gasteiger partial charge on any atom is 0.280 e. The minimum Gasteiger partial charge on any atom is -0.295 e. The molecule has 0 radical (unpaired) electrons. The van der Waals surface area contributed by atoms with Crippen LogP contribution < -0.4 is 5.48 Å². The monoisotopic (exact) mass is 458 g/mol. The lowest BCUT2D eigenvalue weighted by atomic mass is 10.0. The molecule has 1 heterocycles. The maximum atomic E-state index is 11.7. The van der Waals surface area contributed by atoms with Gasteiger partial charge in [-0.05, 0) is 48.1 Å². The molecule has 33 heavy (non-hydrogen) atoms. The molecule has 5 heteroatoms. The van der Waals surface area contributed by atoms with Crippen molar-refractivity contribution in [3.05, 3.63) is 118 Å². The van der Waals surface area contributed by atoms with Crippen LogP contribution in [0.15, 0.2) is 95.9 Å². The zero-order valence-electron chi connectivity index (χ0n) is 18.7. The van der Waals surface area contributed by atoms with Gasteiger partial charge >= 0.3 is 0 Å². The Bertz CT molecular complexity index is 1070. The van der Waals surface area contributed by atoms with E-state index in [1.165, 1.54) is 34.0 Å². The maximum absolute atomic E-state index is 11.7. The number of carbonyl (C=O) groups excluding carboxylic acids is 1. The fraction of sp³-hybridized carbons (Fsp3) is 0.250. The first-order valence-corrected chi connectivity index (χ1v) is 12.3. The average Bonchev–Trinajstić information content (AvgIpc) is 3.35. The molecule has 1 amide bonds. The van der Waals surface area contributed by atoms with E-state index in [4.69, 9.17) is 5.21 Å². The van der Waals surface area contributed by atoms with Gasteiger partial charge in [-0.2, -0.15) is 0 Å². The first kappa shape index (κ1) is 23.3. The summed E-state index contributed by atoms with van der Waals surface area (Å²) < 4.78 is 0. The van der Waals surface area contributed by atoms with E-state index in [0.717, 1.165) is 38.9 Å². The van der Waals surface area contributed by atoms with Crippen molar-refractivity contribution in [1.29, 1.82) is 0 Å². The molecule has 3 aromatic rings. The van der Waals surface area contributed by atoms with Gasteiger partial charge < -0.3 is 0 Å². The molecule has 0 saturated heterocycles. The molecule has 170 valence electrons. The summed E-state index contributed by atoms with van der Waals surface area (Å²) >= 11 is 1.51. The van der Waals surface area contributed by atoms with E-state index >= 15 is 0 Å². The third-order valence-corrected chi connectivity index (χ3v) is 7.23. The molecule has 1 unspecified atom stereocenters. The second-order valence-electron chi connectivity index (χ2n) is 8.38. The molecule has 3 aromatic carbocycles. The number of allylic oxidation sites excluding steroid dienone is 1. The molecule has 1 atom stereocenters. The molecule has 0 saturated carbocycles. The van der Waals surface area contributed by atoms with Gasteiger partial charge in [-0.15, -0.1) is 11.8 Å². The van der Waals surface area contributed by atoms with Gasteiger partial charge in [-0.25, -0.2) is 5.48 Å². The summed E-state index contributed by atoms with van der Waals surface area (Å²) in [4.78, 5) is 14.8. The number of nitrogens with one attached hydrogen (secondary N) is 1. The molecule has 0 aliphatic carbocycles. The minimum atomic E-state index is -0.425. The first-order chi connectivity index (χ1) is 16.2. The van der Waals surface area contributed by atoms with Crippen molar-refractivity contribution in [2.45, 2.75) is 37.6 Å². The van der Waals surface area contributed by atoms with Crippen molar-refractivity contribution in [3.8, 4) is 0 Å². The standard InChI is InChI=1S/C28H30N2O2S/c31-28(29-32)27-17-16-26(33-27)25-15-7-13-24(19-25)21-30(20-23-11-5-2-6-12-23)18-8-14-22-9-3-1-4-10-22/h1-7,9-13,15,17,19,26,32H,8,14,16,18,20-21H2,(H,29,31). The van der Waals surface area contributed by atoms with Crippen molar-refractivity contribution in [2.24, 2.45) is 0 Å². The van der Waals surface area contributed by atoms with Gasteiger partial charge in [0.05, 0.1) is 4.91 Å². The number of nitrogens with zero attached hydrogens (tertiary/aromatic N) is 1. The Morgan fingerprint density at radius 1 is 0.909 bits per heavy atom. The van der Waals surface area contributed by atoms with Gasteiger partial charge in [0.25, 0.3) is 5.91 Å². The van der Waals surface area contributed by atoms with Crippen LogP contribution in [0.3, 0.4) is 0 Å². The quantitative estimate of drug-likeness (QED) is 0.294. The van der Waals surface area contributed by atoms with E-state index in [1.807, 2.05) is 6.08 Å². The van der Waals surface area contributed by atoms with E-state index in [9.17, 15) is 4.79 Å². The Kier molecular flexibility index (Phi) is 8.36. The summed E-state index contributed by atoms with van der Waals surface area (Å²) in [6, 6.07) is 30.0. The second-order valence-corrected chi connectivity index (χ2v) is 9.63. The molecule has 2 N–H and O–H groups in total. The number of thioether (sulfide) groups is 1. The fourth-order valence-electron chi connectivity index (χ4n) is 4.23. The zero-order chi connectivity index (χ0) is 22.9. The van der Waals surface area contributed by atoms with Crippen LogP contribution in [0.2, 0.25) is 0 Å². The smallest absolute Gasteiger partial charge is 0.280 e. The van der Waals surface area contributed by atoms with Gasteiger partial charge in [0, 0.05) is 18.3 Å². The molecular formula is C28H30N2O2S. The van der Waals surface area contributed by atoms with Gasteiger partial charge in [0.15, 0.2) is 0 Å². The molecule has 4 rings (SSSR count). The molecular weight excluding hydrogens is 428 g/mol. The Balaban J connectivity index is 1.41. The summed E-state index contributed by atoms with van der Waals surface area (Å²) in [6.07, 6.45) is 4.88. The van der Waals surface area contributed by atoms with Crippen LogP contribution in [0.4, 0.5) is 0 Å². The lowest BCUT2D eigenvalue weighted by molar-refractivity contribution is -0.124. The van der Waals surface area contributed by atoms with Crippen LogP contribution in [0.25, 0.3) is 0 Å². The van der Waals surface area contributed by atoms with Gasteiger partial charge in [0.2, 0.25) is 0 Å². The largest absolute Gasteiger partial charge is 0.295 e. The summed E-state index contributed by atoms with van der Waals surface area (Å²) in [7, 11) is 0. The van der Waals surface area contributed by atoms with E-state index < -0.39 is 5.91 Å². The van der Waals surface area contributed by atoms with Gasteiger partial charge in [0.1, 0.15) is 0 Å². The van der Waals surface area contributed by atoms with Crippen molar-refractivity contribution < 1.29 is 10.0 Å². The van der Waals surface area contributed by atoms with E-state index in [-0.39, 0.29) is 5.25 Å². The SMILES string of the molecule is O=C(NO)C1=CCC(c2cccc(CN(CCCc3ccccc3)Cc3ccccc3)c2)S1. The fourth-order valence-corrected chi connectivity index (χ4v) is 5.35. The lowest BCUT2D eigenvalue weighted by Gasteiger charge is -2.23. The highest BCUT2D eigenvalue weighted by Crippen LogP contribution is 2.43. The summed E-state index contributed by atoms with van der Waals surface area (Å²) in [5.74, 6) is -0.425. The van der Waals surface area contributed by atoms with Crippen molar-refractivity contribution in [2.75, 3.05) is 6.54 Å². The van der Waals surface area contributed by atoms with Crippen LogP contribution in [0, 0.1) is 0 Å². The van der Waals surface area contributed by atoms with Crippen molar-refractivity contribution in [1.82, 2.24) is 10.4 Å². The van der Waals surface area contributed by atoms with Gasteiger partial charge in [-0.1, -0.05) is 91.0 Å².